The van der Waals surface area contributed by atoms with Crippen LogP contribution in [0.4, 0.5) is 5.69 Å². The van der Waals surface area contributed by atoms with Crippen molar-refractivity contribution in [1.29, 1.82) is 0 Å². The van der Waals surface area contributed by atoms with E-state index in [2.05, 4.69) is 5.32 Å². The topological polar surface area (TPSA) is 67.8 Å². The summed E-state index contributed by atoms with van der Waals surface area (Å²) in [5, 5.41) is 12.1. The number of ether oxygens (including phenoxy) is 2. The molecule has 1 amide bonds. The van der Waals surface area contributed by atoms with Gasteiger partial charge in [0.15, 0.2) is 11.5 Å². The Balaban J connectivity index is 1.73. The number of phenols is 1. The molecule has 144 valence electrons. The standard InChI is InChI=1S/C23H23NO4/c1-3-27-22-14-18(23(26)24-19-9-11-20(25)12-10-19)8-13-21(22)28-15-17-6-4-16(2)5-7-17/h4-14,25H,3,15H2,1-2H3,(H,24,26). The summed E-state index contributed by atoms with van der Waals surface area (Å²) >= 11 is 0. The highest BCUT2D eigenvalue weighted by Gasteiger charge is 2.12. The molecule has 0 atom stereocenters. The zero-order chi connectivity index (χ0) is 19.9. The molecular weight excluding hydrogens is 354 g/mol. The van der Waals surface area contributed by atoms with Gasteiger partial charge in [0.25, 0.3) is 5.91 Å². The van der Waals surface area contributed by atoms with Gasteiger partial charge in [-0.25, -0.2) is 0 Å². The van der Waals surface area contributed by atoms with E-state index in [1.165, 1.54) is 17.7 Å². The number of nitrogens with one attached hydrogen (secondary N) is 1. The lowest BCUT2D eigenvalue weighted by Crippen LogP contribution is -2.12. The first-order valence-corrected chi connectivity index (χ1v) is 9.10. The first-order valence-electron chi connectivity index (χ1n) is 9.10. The van der Waals surface area contributed by atoms with Gasteiger partial charge in [-0.2, -0.15) is 0 Å². The Kier molecular flexibility index (Phi) is 6.17. The third-order valence-corrected chi connectivity index (χ3v) is 4.15. The first kappa shape index (κ1) is 19.3. The summed E-state index contributed by atoms with van der Waals surface area (Å²) in [6, 6.07) is 19.5. The van der Waals surface area contributed by atoms with Crippen LogP contribution in [0.1, 0.15) is 28.4 Å². The van der Waals surface area contributed by atoms with Crippen molar-refractivity contribution in [1.82, 2.24) is 0 Å². The number of rotatable bonds is 7. The zero-order valence-electron chi connectivity index (χ0n) is 15.9. The van der Waals surface area contributed by atoms with Crippen molar-refractivity contribution in [3.05, 3.63) is 83.4 Å². The van der Waals surface area contributed by atoms with Gasteiger partial charge in [-0.1, -0.05) is 29.8 Å². The first-order chi connectivity index (χ1) is 13.5. The fourth-order valence-corrected chi connectivity index (χ4v) is 2.63. The van der Waals surface area contributed by atoms with Crippen LogP contribution in [-0.4, -0.2) is 17.6 Å². The van der Waals surface area contributed by atoms with Crippen molar-refractivity contribution in [3.63, 3.8) is 0 Å². The third kappa shape index (κ3) is 5.04. The smallest absolute Gasteiger partial charge is 0.255 e. The van der Waals surface area contributed by atoms with Gasteiger partial charge in [-0.15, -0.1) is 0 Å². The Morgan fingerprint density at radius 1 is 0.929 bits per heavy atom. The van der Waals surface area contributed by atoms with Crippen LogP contribution in [0, 0.1) is 6.92 Å². The molecule has 3 rings (SSSR count). The van der Waals surface area contributed by atoms with Gasteiger partial charge < -0.3 is 19.9 Å². The number of aryl methyl sites for hydroxylation is 1. The summed E-state index contributed by atoms with van der Waals surface area (Å²) in [7, 11) is 0. The Labute approximate surface area is 164 Å². The summed E-state index contributed by atoms with van der Waals surface area (Å²) in [5.74, 6) is 0.986. The number of phenolic OH excluding ortho intramolecular Hbond substituents is 1. The Hall–Kier alpha value is -3.47. The minimum atomic E-state index is -0.267. The number of carbonyl (C=O) groups is 1. The predicted octanol–water partition coefficient (Wildman–Crippen LogP) is 4.93. The highest BCUT2D eigenvalue weighted by Crippen LogP contribution is 2.30. The fourth-order valence-electron chi connectivity index (χ4n) is 2.63. The van der Waals surface area contributed by atoms with Crippen LogP contribution in [0.3, 0.4) is 0 Å². The minimum Gasteiger partial charge on any atom is -0.508 e. The van der Waals surface area contributed by atoms with Gasteiger partial charge in [-0.05, 0) is 61.9 Å². The molecule has 0 saturated carbocycles. The maximum absolute atomic E-state index is 12.5. The number of aromatic hydroxyl groups is 1. The lowest BCUT2D eigenvalue weighted by molar-refractivity contribution is 0.102. The molecule has 0 aliphatic heterocycles. The monoisotopic (exact) mass is 377 g/mol. The van der Waals surface area contributed by atoms with E-state index in [0.717, 1.165) is 5.56 Å². The third-order valence-electron chi connectivity index (χ3n) is 4.15. The molecule has 28 heavy (non-hydrogen) atoms. The van der Waals surface area contributed by atoms with E-state index in [1.54, 1.807) is 30.3 Å². The van der Waals surface area contributed by atoms with Crippen LogP contribution < -0.4 is 14.8 Å². The summed E-state index contributed by atoms with van der Waals surface area (Å²) in [6.45, 7) is 4.80. The Bertz CT molecular complexity index is 934. The number of hydrogen-bond acceptors (Lipinski definition) is 4. The lowest BCUT2D eigenvalue weighted by atomic mass is 10.1. The molecule has 0 bridgehead atoms. The molecule has 0 aliphatic rings. The number of benzene rings is 3. The van der Waals surface area contributed by atoms with Crippen LogP contribution in [0.2, 0.25) is 0 Å². The lowest BCUT2D eigenvalue weighted by Gasteiger charge is -2.14. The van der Waals surface area contributed by atoms with Gasteiger partial charge in [0.05, 0.1) is 6.61 Å². The highest BCUT2D eigenvalue weighted by atomic mass is 16.5. The van der Waals surface area contributed by atoms with Gasteiger partial charge >= 0.3 is 0 Å². The molecule has 2 N–H and O–H groups in total. The van der Waals surface area contributed by atoms with Gasteiger partial charge in [0, 0.05) is 11.3 Å². The second-order valence-electron chi connectivity index (χ2n) is 6.37. The van der Waals surface area contributed by atoms with E-state index < -0.39 is 0 Å². The number of amides is 1. The Morgan fingerprint density at radius 2 is 1.64 bits per heavy atom. The molecule has 0 aliphatic carbocycles. The number of carbonyl (C=O) groups excluding carboxylic acids is 1. The van der Waals surface area contributed by atoms with E-state index in [-0.39, 0.29) is 11.7 Å². The van der Waals surface area contributed by atoms with Gasteiger partial charge in [0.2, 0.25) is 0 Å². The van der Waals surface area contributed by atoms with Gasteiger partial charge in [-0.3, -0.25) is 4.79 Å². The average molecular weight is 377 g/mol. The minimum absolute atomic E-state index is 0.145. The van der Waals surface area contributed by atoms with Crippen molar-refractivity contribution in [2.75, 3.05) is 11.9 Å². The van der Waals surface area contributed by atoms with E-state index in [9.17, 15) is 9.90 Å². The maximum Gasteiger partial charge on any atom is 0.255 e. The molecule has 0 radical (unpaired) electrons. The summed E-state index contributed by atoms with van der Waals surface area (Å²) < 4.78 is 11.6. The summed E-state index contributed by atoms with van der Waals surface area (Å²) in [4.78, 5) is 12.5. The number of hydrogen-bond donors (Lipinski definition) is 2. The van der Waals surface area contributed by atoms with Crippen molar-refractivity contribution in [3.8, 4) is 17.2 Å². The molecule has 0 heterocycles. The van der Waals surface area contributed by atoms with Crippen LogP contribution in [0.25, 0.3) is 0 Å². The molecule has 3 aromatic carbocycles. The molecule has 0 spiro atoms. The van der Waals surface area contributed by atoms with E-state index in [4.69, 9.17) is 9.47 Å². The van der Waals surface area contributed by atoms with Crippen LogP contribution in [0.15, 0.2) is 66.7 Å². The second-order valence-corrected chi connectivity index (χ2v) is 6.37. The van der Waals surface area contributed by atoms with Gasteiger partial charge in [0.1, 0.15) is 12.4 Å². The van der Waals surface area contributed by atoms with Crippen molar-refractivity contribution in [2.45, 2.75) is 20.5 Å². The molecular formula is C23H23NO4. The SMILES string of the molecule is CCOc1cc(C(=O)Nc2ccc(O)cc2)ccc1OCc1ccc(C)cc1. The molecule has 0 unspecified atom stereocenters. The van der Waals surface area contributed by atoms with Crippen LogP contribution >= 0.6 is 0 Å². The molecule has 5 nitrogen and oxygen atoms in total. The predicted molar refractivity (Wildman–Crippen MR) is 109 cm³/mol. The number of anilines is 1. The summed E-state index contributed by atoms with van der Waals surface area (Å²) in [6.07, 6.45) is 0. The van der Waals surface area contributed by atoms with Crippen LogP contribution in [0.5, 0.6) is 17.2 Å². The van der Waals surface area contributed by atoms with Crippen molar-refractivity contribution < 1.29 is 19.4 Å². The quantitative estimate of drug-likeness (QED) is 0.573. The zero-order valence-corrected chi connectivity index (χ0v) is 15.9. The van der Waals surface area contributed by atoms with Crippen molar-refractivity contribution >= 4 is 11.6 Å². The van der Waals surface area contributed by atoms with Crippen molar-refractivity contribution in [2.24, 2.45) is 0 Å². The normalized spacial score (nSPS) is 10.4. The fraction of sp³-hybridized carbons (Fsp3) is 0.174. The Morgan fingerprint density at radius 3 is 2.32 bits per heavy atom. The summed E-state index contributed by atoms with van der Waals surface area (Å²) in [5.41, 5.74) is 3.31. The molecule has 0 aromatic heterocycles. The highest BCUT2D eigenvalue weighted by molar-refractivity contribution is 6.04. The van der Waals surface area contributed by atoms with E-state index >= 15 is 0 Å². The second kappa shape index (κ2) is 8.95. The maximum atomic E-state index is 12.5. The average Bonchev–Trinajstić information content (AvgIpc) is 2.70. The molecule has 0 fully saturated rings. The molecule has 0 saturated heterocycles. The van der Waals surface area contributed by atoms with E-state index in [0.29, 0.717) is 36.0 Å². The van der Waals surface area contributed by atoms with Crippen LogP contribution in [-0.2, 0) is 6.61 Å². The van der Waals surface area contributed by atoms with E-state index in [1.807, 2.05) is 38.1 Å². The largest absolute Gasteiger partial charge is 0.508 e. The molecule has 5 heteroatoms. The molecule has 3 aromatic rings.